The Morgan fingerprint density at radius 2 is 2.10 bits per heavy atom. The van der Waals surface area contributed by atoms with Crippen molar-refractivity contribution in [2.75, 3.05) is 6.54 Å². The predicted molar refractivity (Wildman–Crippen MR) is 70.8 cm³/mol. The van der Waals surface area contributed by atoms with Gasteiger partial charge < -0.3 is 4.90 Å². The molecule has 3 rings (SSSR count). The zero-order valence-corrected chi connectivity index (χ0v) is 11.4. The molecule has 1 aromatic carbocycles. The van der Waals surface area contributed by atoms with Gasteiger partial charge in [0.25, 0.3) is 0 Å². The fraction of sp³-hybridized carbons (Fsp3) is 0.533. The van der Waals surface area contributed by atoms with Crippen molar-refractivity contribution in [2.45, 2.75) is 38.4 Å². The summed E-state index contributed by atoms with van der Waals surface area (Å²) in [4.78, 5) is 14.0. The van der Waals surface area contributed by atoms with Crippen LogP contribution in [-0.2, 0) is 4.79 Å². The van der Waals surface area contributed by atoms with Gasteiger partial charge in [-0.1, -0.05) is 6.92 Å². The average molecular weight is 280 g/mol. The molecule has 0 bridgehead atoms. The van der Waals surface area contributed by atoms with Gasteiger partial charge in [0.15, 0.2) is 0 Å². The van der Waals surface area contributed by atoms with Gasteiger partial charge in [0.2, 0.25) is 5.91 Å². The molecule has 5 heteroatoms. The van der Waals surface area contributed by atoms with Crippen molar-refractivity contribution in [2.24, 2.45) is 5.92 Å². The highest BCUT2D eigenvalue weighted by Gasteiger charge is 2.41. The van der Waals surface area contributed by atoms with Crippen LogP contribution in [0.1, 0.15) is 37.9 Å². The molecule has 0 aromatic heterocycles. The summed E-state index contributed by atoms with van der Waals surface area (Å²) in [5.74, 6) is -0.653. The molecule has 20 heavy (non-hydrogen) atoms. The lowest BCUT2D eigenvalue weighted by Gasteiger charge is -2.24. The van der Waals surface area contributed by atoms with E-state index in [0.717, 1.165) is 18.9 Å². The number of amides is 1. The molecule has 1 heterocycles. The number of hydrogen-bond donors (Lipinski definition) is 1. The Bertz CT molecular complexity index is 531. The van der Waals surface area contributed by atoms with E-state index in [1.54, 1.807) is 4.90 Å². The lowest BCUT2D eigenvalue weighted by atomic mass is 10.1. The van der Waals surface area contributed by atoms with Gasteiger partial charge in [-0.05, 0) is 37.3 Å². The molecule has 1 saturated carbocycles. The van der Waals surface area contributed by atoms with Crippen molar-refractivity contribution in [1.29, 1.82) is 0 Å². The summed E-state index contributed by atoms with van der Waals surface area (Å²) < 4.78 is 27.0. The van der Waals surface area contributed by atoms with Gasteiger partial charge in [-0.2, -0.15) is 0 Å². The first-order valence-corrected chi connectivity index (χ1v) is 7.11. The van der Waals surface area contributed by atoms with Crippen molar-refractivity contribution in [3.05, 3.63) is 35.4 Å². The van der Waals surface area contributed by atoms with Gasteiger partial charge >= 0.3 is 0 Å². The van der Waals surface area contributed by atoms with Gasteiger partial charge in [0.05, 0.1) is 6.04 Å². The Morgan fingerprint density at radius 3 is 2.70 bits per heavy atom. The highest BCUT2D eigenvalue weighted by Crippen LogP contribution is 2.35. The van der Waals surface area contributed by atoms with Crippen LogP contribution in [0.5, 0.6) is 0 Å². The van der Waals surface area contributed by atoms with Crippen LogP contribution in [0.2, 0.25) is 0 Å². The normalized spacial score (nSPS) is 26.4. The molecule has 2 aliphatic rings. The van der Waals surface area contributed by atoms with E-state index in [0.29, 0.717) is 24.4 Å². The van der Waals surface area contributed by atoms with Crippen LogP contribution >= 0.6 is 0 Å². The molecule has 1 aliphatic heterocycles. The first-order chi connectivity index (χ1) is 9.60. The Balaban J connectivity index is 1.90. The first kappa shape index (κ1) is 13.5. The smallest absolute Gasteiger partial charge is 0.241 e. The summed E-state index contributed by atoms with van der Waals surface area (Å²) in [6.07, 6.45) is 2.44. The third-order valence-corrected chi connectivity index (χ3v) is 4.07. The Morgan fingerprint density at radius 1 is 1.35 bits per heavy atom. The number of halogens is 2. The summed E-state index contributed by atoms with van der Waals surface area (Å²) in [6.45, 7) is 2.58. The van der Waals surface area contributed by atoms with E-state index in [-0.39, 0.29) is 11.9 Å². The lowest BCUT2D eigenvalue weighted by Crippen LogP contribution is -2.33. The summed E-state index contributed by atoms with van der Waals surface area (Å²) >= 11 is 0. The second-order valence-electron chi connectivity index (χ2n) is 5.63. The monoisotopic (exact) mass is 280 g/mol. The largest absolute Gasteiger partial charge is 0.321 e. The molecule has 3 nitrogen and oxygen atoms in total. The SMILES string of the molecule is CCC1NC(c2ccc(F)cc2F)N(CC2CC2)C1=O. The van der Waals surface area contributed by atoms with Crippen molar-refractivity contribution >= 4 is 5.91 Å². The first-order valence-electron chi connectivity index (χ1n) is 7.11. The maximum Gasteiger partial charge on any atom is 0.241 e. The molecule has 1 aromatic rings. The Kier molecular flexibility index (Phi) is 3.46. The van der Waals surface area contributed by atoms with Gasteiger partial charge in [-0.25, -0.2) is 8.78 Å². The molecule has 1 saturated heterocycles. The van der Waals surface area contributed by atoms with Crippen LogP contribution < -0.4 is 5.32 Å². The highest BCUT2D eigenvalue weighted by molar-refractivity contribution is 5.84. The fourth-order valence-corrected chi connectivity index (χ4v) is 2.73. The van der Waals surface area contributed by atoms with Crippen molar-refractivity contribution < 1.29 is 13.6 Å². The molecule has 108 valence electrons. The molecule has 2 atom stereocenters. The molecule has 0 radical (unpaired) electrons. The average Bonchev–Trinajstić information content (AvgIpc) is 3.17. The minimum Gasteiger partial charge on any atom is -0.321 e. The zero-order chi connectivity index (χ0) is 14.3. The van der Waals surface area contributed by atoms with E-state index in [1.165, 1.54) is 12.1 Å². The third-order valence-electron chi connectivity index (χ3n) is 4.07. The summed E-state index contributed by atoms with van der Waals surface area (Å²) in [7, 11) is 0. The van der Waals surface area contributed by atoms with Crippen LogP contribution in [0.4, 0.5) is 8.78 Å². The molecule has 0 spiro atoms. The second kappa shape index (κ2) is 5.13. The summed E-state index contributed by atoms with van der Waals surface area (Å²) in [6, 6.07) is 3.26. The Hall–Kier alpha value is -1.49. The van der Waals surface area contributed by atoms with Crippen molar-refractivity contribution in [3.63, 3.8) is 0 Å². The standard InChI is InChI=1S/C15H18F2N2O/c1-2-13-15(20)19(8-9-3-4-9)14(18-13)11-6-5-10(16)7-12(11)17/h5-7,9,13-14,18H,2-4,8H2,1H3. The second-order valence-corrected chi connectivity index (χ2v) is 5.63. The highest BCUT2D eigenvalue weighted by atomic mass is 19.1. The maximum absolute atomic E-state index is 14.0. The number of nitrogens with one attached hydrogen (secondary N) is 1. The van der Waals surface area contributed by atoms with Gasteiger partial charge in [0.1, 0.15) is 17.8 Å². The maximum atomic E-state index is 14.0. The number of carbonyl (C=O) groups excluding carboxylic acids is 1. The predicted octanol–water partition coefficient (Wildman–Crippen LogP) is 2.58. The zero-order valence-electron chi connectivity index (χ0n) is 11.4. The number of rotatable bonds is 4. The number of hydrogen-bond acceptors (Lipinski definition) is 2. The summed E-state index contributed by atoms with van der Waals surface area (Å²) in [5, 5.41) is 3.16. The lowest BCUT2D eigenvalue weighted by molar-refractivity contribution is -0.130. The topological polar surface area (TPSA) is 32.3 Å². The number of carbonyl (C=O) groups is 1. The van der Waals surface area contributed by atoms with E-state index >= 15 is 0 Å². The van der Waals surface area contributed by atoms with Crippen LogP contribution in [0.25, 0.3) is 0 Å². The molecule has 1 amide bonds. The van der Waals surface area contributed by atoms with E-state index in [9.17, 15) is 13.6 Å². The molecule has 2 fully saturated rings. The van der Waals surface area contributed by atoms with Gasteiger partial charge in [0, 0.05) is 18.2 Å². The third kappa shape index (κ3) is 2.42. The minimum atomic E-state index is -0.604. The number of benzene rings is 1. The molecular weight excluding hydrogens is 262 g/mol. The molecule has 1 N–H and O–H groups in total. The van der Waals surface area contributed by atoms with E-state index in [1.807, 2.05) is 6.92 Å². The van der Waals surface area contributed by atoms with E-state index < -0.39 is 17.8 Å². The van der Waals surface area contributed by atoms with E-state index in [2.05, 4.69) is 5.32 Å². The van der Waals surface area contributed by atoms with Gasteiger partial charge in [-0.15, -0.1) is 0 Å². The molecular formula is C15H18F2N2O. The van der Waals surface area contributed by atoms with Crippen LogP contribution in [0.15, 0.2) is 18.2 Å². The quantitative estimate of drug-likeness (QED) is 0.919. The van der Waals surface area contributed by atoms with Crippen molar-refractivity contribution in [1.82, 2.24) is 10.2 Å². The minimum absolute atomic E-state index is 0.0214. The summed E-state index contributed by atoms with van der Waals surface area (Å²) in [5.41, 5.74) is 0.344. The Labute approximate surface area is 117 Å². The molecule has 2 unspecified atom stereocenters. The fourth-order valence-electron chi connectivity index (χ4n) is 2.73. The van der Waals surface area contributed by atoms with Crippen molar-refractivity contribution in [3.8, 4) is 0 Å². The van der Waals surface area contributed by atoms with Gasteiger partial charge in [-0.3, -0.25) is 10.1 Å². The number of nitrogens with zero attached hydrogens (tertiary/aromatic N) is 1. The van der Waals surface area contributed by atoms with Crippen LogP contribution in [0, 0.1) is 17.6 Å². The molecule has 1 aliphatic carbocycles. The van der Waals surface area contributed by atoms with Crippen LogP contribution in [0.3, 0.4) is 0 Å². The van der Waals surface area contributed by atoms with Crippen LogP contribution in [-0.4, -0.2) is 23.4 Å². The van der Waals surface area contributed by atoms with E-state index in [4.69, 9.17) is 0 Å².